The molecular weight excluding hydrogens is 390 g/mol. The van der Waals surface area contributed by atoms with E-state index in [0.29, 0.717) is 17.3 Å². The predicted molar refractivity (Wildman–Crippen MR) is 114 cm³/mol. The van der Waals surface area contributed by atoms with Gasteiger partial charge in [0.15, 0.2) is 5.82 Å². The van der Waals surface area contributed by atoms with Crippen molar-refractivity contribution in [2.45, 2.75) is 46.5 Å². The highest BCUT2D eigenvalue weighted by Gasteiger charge is 2.21. The van der Waals surface area contributed by atoms with Crippen molar-refractivity contribution in [1.29, 1.82) is 0 Å². The zero-order valence-corrected chi connectivity index (χ0v) is 18.5. The molecule has 3 aromatic rings. The molecule has 156 valence electrons. The fraction of sp³-hybridized carbons (Fsp3) is 0.429. The van der Waals surface area contributed by atoms with E-state index in [-0.39, 0.29) is 11.3 Å². The summed E-state index contributed by atoms with van der Waals surface area (Å²) < 4.78 is 31.0. The second kappa shape index (κ2) is 7.67. The van der Waals surface area contributed by atoms with E-state index in [2.05, 4.69) is 19.9 Å². The summed E-state index contributed by atoms with van der Waals surface area (Å²) in [6, 6.07) is 6.98. The number of aromatic nitrogens is 3. The summed E-state index contributed by atoms with van der Waals surface area (Å²) in [4.78, 5) is 13.3. The number of fused-ring (bicyclic) bond motifs is 1. The Morgan fingerprint density at radius 3 is 2.34 bits per heavy atom. The van der Waals surface area contributed by atoms with Gasteiger partial charge in [0.1, 0.15) is 11.3 Å². The van der Waals surface area contributed by atoms with Gasteiger partial charge in [-0.3, -0.25) is 9.36 Å². The van der Waals surface area contributed by atoms with Gasteiger partial charge in [0.2, 0.25) is 0 Å². The minimum absolute atomic E-state index is 0.0964. The lowest BCUT2D eigenvalue weighted by atomic mass is 9.95. The van der Waals surface area contributed by atoms with Crippen LogP contribution in [0.1, 0.15) is 49.4 Å². The van der Waals surface area contributed by atoms with Crippen molar-refractivity contribution in [1.82, 2.24) is 14.2 Å². The first kappa shape index (κ1) is 21.1. The number of hydrogen-bond acceptors (Lipinski definition) is 5. The van der Waals surface area contributed by atoms with Gasteiger partial charge in [-0.15, -0.1) is 5.10 Å². The SMILES string of the molecule is CCC(CC)c1cc(C)n2nc(-c3ccc(OS(C)(=O)=O)cc3C)n(C)c(=O)c12. The van der Waals surface area contributed by atoms with Crippen molar-refractivity contribution in [3.63, 3.8) is 0 Å². The third kappa shape index (κ3) is 3.94. The summed E-state index contributed by atoms with van der Waals surface area (Å²) in [6.07, 6.45) is 2.92. The average molecular weight is 418 g/mol. The summed E-state index contributed by atoms with van der Waals surface area (Å²) in [5.74, 6) is 1.06. The van der Waals surface area contributed by atoms with E-state index in [0.717, 1.165) is 41.5 Å². The van der Waals surface area contributed by atoms with E-state index in [1.165, 1.54) is 0 Å². The van der Waals surface area contributed by atoms with Gasteiger partial charge in [0.05, 0.1) is 6.26 Å². The van der Waals surface area contributed by atoms with Gasteiger partial charge in [0, 0.05) is 18.3 Å². The lowest BCUT2D eigenvalue weighted by Crippen LogP contribution is -2.24. The maximum Gasteiger partial charge on any atom is 0.306 e. The Balaban J connectivity index is 2.21. The maximum atomic E-state index is 13.3. The van der Waals surface area contributed by atoms with Crippen LogP contribution in [-0.2, 0) is 17.2 Å². The van der Waals surface area contributed by atoms with Gasteiger partial charge in [-0.1, -0.05) is 13.8 Å². The summed E-state index contributed by atoms with van der Waals surface area (Å²) in [6.45, 7) is 8.04. The highest BCUT2D eigenvalue weighted by atomic mass is 32.2. The third-order valence-electron chi connectivity index (χ3n) is 5.32. The van der Waals surface area contributed by atoms with Crippen LogP contribution in [-0.4, -0.2) is 28.9 Å². The molecule has 0 unspecified atom stereocenters. The highest BCUT2D eigenvalue weighted by molar-refractivity contribution is 7.86. The van der Waals surface area contributed by atoms with E-state index in [9.17, 15) is 13.2 Å². The fourth-order valence-electron chi connectivity index (χ4n) is 3.80. The van der Waals surface area contributed by atoms with E-state index < -0.39 is 10.1 Å². The zero-order valence-electron chi connectivity index (χ0n) is 17.7. The molecule has 0 N–H and O–H groups in total. The van der Waals surface area contributed by atoms with Crippen molar-refractivity contribution < 1.29 is 12.6 Å². The molecule has 1 aromatic carbocycles. The Labute approximate surface area is 171 Å². The van der Waals surface area contributed by atoms with Gasteiger partial charge >= 0.3 is 10.1 Å². The lowest BCUT2D eigenvalue weighted by molar-refractivity contribution is 0.493. The minimum atomic E-state index is -3.61. The Bertz CT molecular complexity index is 1240. The first-order valence-electron chi connectivity index (χ1n) is 9.67. The average Bonchev–Trinajstić information content (AvgIpc) is 2.95. The van der Waals surface area contributed by atoms with Crippen molar-refractivity contribution >= 4 is 15.6 Å². The molecule has 0 saturated heterocycles. The first-order valence-corrected chi connectivity index (χ1v) is 11.5. The number of aryl methyl sites for hydroxylation is 2. The summed E-state index contributed by atoms with van der Waals surface area (Å²) in [7, 11) is -1.89. The first-order chi connectivity index (χ1) is 13.6. The zero-order chi connectivity index (χ0) is 21.5. The molecular formula is C21H27N3O4S. The summed E-state index contributed by atoms with van der Waals surface area (Å²) >= 11 is 0. The van der Waals surface area contributed by atoms with Crippen LogP contribution in [0.25, 0.3) is 16.9 Å². The molecule has 0 amide bonds. The Hall–Kier alpha value is -2.61. The Morgan fingerprint density at radius 2 is 1.79 bits per heavy atom. The second-order valence-corrected chi connectivity index (χ2v) is 9.04. The number of rotatable bonds is 6. The molecule has 0 aliphatic carbocycles. The van der Waals surface area contributed by atoms with Crippen LogP contribution in [0.4, 0.5) is 0 Å². The number of hydrogen-bond donors (Lipinski definition) is 0. The molecule has 0 saturated carbocycles. The third-order valence-corrected chi connectivity index (χ3v) is 5.81. The maximum absolute atomic E-state index is 13.3. The smallest absolute Gasteiger partial charge is 0.306 e. The van der Waals surface area contributed by atoms with Crippen LogP contribution in [0.15, 0.2) is 29.1 Å². The molecule has 3 rings (SSSR count). The van der Waals surface area contributed by atoms with Crippen molar-refractivity contribution in [3.8, 4) is 17.1 Å². The van der Waals surface area contributed by atoms with Crippen molar-refractivity contribution in [2.24, 2.45) is 7.05 Å². The molecule has 2 heterocycles. The van der Waals surface area contributed by atoms with Crippen LogP contribution in [0.2, 0.25) is 0 Å². The van der Waals surface area contributed by atoms with Crippen molar-refractivity contribution in [3.05, 3.63) is 51.4 Å². The molecule has 7 nitrogen and oxygen atoms in total. The summed E-state index contributed by atoms with van der Waals surface area (Å²) in [5.41, 5.74) is 3.98. The quantitative estimate of drug-likeness (QED) is 0.573. The molecule has 0 fully saturated rings. The normalized spacial score (nSPS) is 12.1. The van der Waals surface area contributed by atoms with Crippen LogP contribution >= 0.6 is 0 Å². The van der Waals surface area contributed by atoms with Gasteiger partial charge < -0.3 is 4.18 Å². The molecule has 2 aromatic heterocycles. The Morgan fingerprint density at radius 1 is 1.14 bits per heavy atom. The molecule has 0 bridgehead atoms. The van der Waals surface area contributed by atoms with Gasteiger partial charge in [-0.05, 0) is 68.0 Å². The summed E-state index contributed by atoms with van der Waals surface area (Å²) in [5, 5.41) is 4.76. The number of benzene rings is 1. The molecule has 0 aliphatic heterocycles. The molecule has 29 heavy (non-hydrogen) atoms. The van der Waals surface area contributed by atoms with E-state index in [1.54, 1.807) is 34.3 Å². The van der Waals surface area contributed by atoms with Gasteiger partial charge in [0.25, 0.3) is 5.56 Å². The molecule has 0 radical (unpaired) electrons. The fourth-order valence-corrected chi connectivity index (χ4v) is 4.25. The second-order valence-electron chi connectivity index (χ2n) is 7.47. The Kier molecular flexibility index (Phi) is 5.58. The molecule has 0 spiro atoms. The van der Waals surface area contributed by atoms with Crippen LogP contribution < -0.4 is 9.74 Å². The monoisotopic (exact) mass is 417 g/mol. The molecule has 8 heteroatoms. The molecule has 0 aliphatic rings. The molecule has 0 atom stereocenters. The van der Waals surface area contributed by atoms with Crippen LogP contribution in [0.5, 0.6) is 5.75 Å². The van der Waals surface area contributed by atoms with Gasteiger partial charge in [-0.2, -0.15) is 8.42 Å². The topological polar surface area (TPSA) is 82.7 Å². The van der Waals surface area contributed by atoms with Crippen LogP contribution in [0, 0.1) is 13.8 Å². The van der Waals surface area contributed by atoms with Crippen molar-refractivity contribution in [2.75, 3.05) is 6.26 Å². The minimum Gasteiger partial charge on any atom is -0.383 e. The van der Waals surface area contributed by atoms with Gasteiger partial charge in [-0.25, -0.2) is 4.52 Å². The van der Waals surface area contributed by atoms with E-state index in [4.69, 9.17) is 9.28 Å². The lowest BCUT2D eigenvalue weighted by Gasteiger charge is -2.14. The number of nitrogens with zero attached hydrogens (tertiary/aromatic N) is 3. The largest absolute Gasteiger partial charge is 0.383 e. The predicted octanol–water partition coefficient (Wildman–Crippen LogP) is 3.56. The van der Waals surface area contributed by atoms with Crippen LogP contribution in [0.3, 0.4) is 0 Å². The van der Waals surface area contributed by atoms with E-state index >= 15 is 0 Å². The highest BCUT2D eigenvalue weighted by Crippen LogP contribution is 2.30. The standard InChI is InChI=1S/C21H27N3O4S/c1-7-15(8-2)18-12-14(4)24-19(18)21(25)23(5)20(22-24)17-10-9-16(11-13(17)3)28-29(6,26)27/h9-12,15H,7-8H2,1-6H3. The van der Waals surface area contributed by atoms with E-state index in [1.807, 2.05) is 13.8 Å².